The van der Waals surface area contributed by atoms with E-state index in [9.17, 15) is 9.59 Å². The lowest BCUT2D eigenvalue weighted by atomic mass is 10.1. The summed E-state index contributed by atoms with van der Waals surface area (Å²) < 4.78 is 10.2. The number of nitrogens with one attached hydrogen (secondary N) is 1. The number of aryl methyl sites for hydroxylation is 1. The topological polar surface area (TPSA) is 64.6 Å². The average molecular weight is 410 g/mol. The van der Waals surface area contributed by atoms with Crippen LogP contribution in [0.1, 0.15) is 18.9 Å². The average Bonchev–Trinajstić information content (AvgIpc) is 2.65. The highest BCUT2D eigenvalue weighted by Gasteiger charge is 2.12. The van der Waals surface area contributed by atoms with E-state index in [4.69, 9.17) is 32.7 Å². The van der Waals surface area contributed by atoms with Crippen molar-refractivity contribution in [1.29, 1.82) is 0 Å². The Labute approximate surface area is 168 Å². The van der Waals surface area contributed by atoms with Crippen molar-refractivity contribution in [3.05, 3.63) is 64.1 Å². The van der Waals surface area contributed by atoms with Crippen molar-refractivity contribution >= 4 is 35.1 Å². The molecule has 1 atom stereocenters. The van der Waals surface area contributed by atoms with Gasteiger partial charge in [0.25, 0.3) is 5.91 Å². The Hall–Kier alpha value is -2.24. The van der Waals surface area contributed by atoms with Crippen LogP contribution in [0.3, 0.4) is 0 Å². The van der Waals surface area contributed by atoms with Crippen LogP contribution in [0.15, 0.2) is 48.5 Å². The highest BCUT2D eigenvalue weighted by atomic mass is 35.5. The third kappa shape index (κ3) is 7.89. The summed E-state index contributed by atoms with van der Waals surface area (Å²) in [7, 11) is 0. The molecule has 1 unspecified atom stereocenters. The highest BCUT2D eigenvalue weighted by molar-refractivity contribution is 6.35. The molecule has 0 fully saturated rings. The molecule has 2 aromatic rings. The Balaban J connectivity index is 1.64. The summed E-state index contributed by atoms with van der Waals surface area (Å²) in [5.74, 6) is -0.696. The van der Waals surface area contributed by atoms with Crippen molar-refractivity contribution in [3.8, 4) is 5.75 Å². The molecule has 1 N–H and O–H groups in total. The van der Waals surface area contributed by atoms with Gasteiger partial charge in [-0.1, -0.05) is 53.5 Å². The smallest absolute Gasteiger partial charge is 0.344 e. The molecule has 144 valence electrons. The zero-order valence-electron chi connectivity index (χ0n) is 14.9. The molecule has 2 rings (SSSR count). The van der Waals surface area contributed by atoms with Crippen LogP contribution >= 0.6 is 23.2 Å². The summed E-state index contributed by atoms with van der Waals surface area (Å²) in [6.45, 7) is 1.21. The quantitative estimate of drug-likeness (QED) is 0.634. The predicted molar refractivity (Wildman–Crippen MR) is 105 cm³/mol. The van der Waals surface area contributed by atoms with Crippen LogP contribution in [0, 0.1) is 0 Å². The maximum atomic E-state index is 11.9. The third-order valence-corrected chi connectivity index (χ3v) is 4.25. The standard InChI is InChI=1S/C20H21Cl2NO4/c1-14(7-8-15-5-3-2-4-6-15)23-19(24)12-27-20(25)13-26-18-10-9-16(21)11-17(18)22/h2-6,9-11,14H,7-8,12-13H2,1H3,(H,23,24). The van der Waals surface area contributed by atoms with Crippen molar-refractivity contribution in [2.24, 2.45) is 0 Å². The highest BCUT2D eigenvalue weighted by Crippen LogP contribution is 2.27. The van der Waals surface area contributed by atoms with Gasteiger partial charge in [-0.05, 0) is 43.5 Å². The number of rotatable bonds is 9. The first-order valence-electron chi connectivity index (χ1n) is 8.51. The van der Waals surface area contributed by atoms with Crippen LogP contribution in [-0.4, -0.2) is 31.1 Å². The van der Waals surface area contributed by atoms with Crippen molar-refractivity contribution in [3.63, 3.8) is 0 Å². The van der Waals surface area contributed by atoms with E-state index < -0.39 is 5.97 Å². The number of carbonyl (C=O) groups excluding carboxylic acids is 2. The summed E-state index contributed by atoms with van der Waals surface area (Å²) in [4.78, 5) is 23.6. The Morgan fingerprint density at radius 3 is 2.52 bits per heavy atom. The van der Waals surface area contributed by atoms with E-state index >= 15 is 0 Å². The van der Waals surface area contributed by atoms with Gasteiger partial charge in [-0.15, -0.1) is 0 Å². The Bertz CT molecular complexity index is 768. The summed E-state index contributed by atoms with van der Waals surface area (Å²) in [6, 6.07) is 14.7. The molecule has 0 radical (unpaired) electrons. The lowest BCUT2D eigenvalue weighted by Crippen LogP contribution is -2.36. The predicted octanol–water partition coefficient (Wildman–Crippen LogP) is 4.05. The molecular formula is C20H21Cl2NO4. The molecular weight excluding hydrogens is 389 g/mol. The van der Waals surface area contributed by atoms with Crippen LogP contribution in [0.5, 0.6) is 5.75 Å². The first-order chi connectivity index (χ1) is 12.9. The number of hydrogen-bond donors (Lipinski definition) is 1. The van der Waals surface area contributed by atoms with E-state index in [0.29, 0.717) is 15.8 Å². The van der Waals surface area contributed by atoms with Crippen LogP contribution in [0.25, 0.3) is 0 Å². The zero-order chi connectivity index (χ0) is 19.6. The minimum atomic E-state index is -0.659. The van der Waals surface area contributed by atoms with Gasteiger partial charge in [0.2, 0.25) is 0 Å². The first kappa shape index (κ1) is 21.1. The van der Waals surface area contributed by atoms with Gasteiger partial charge in [0, 0.05) is 11.1 Å². The number of ether oxygens (including phenoxy) is 2. The Morgan fingerprint density at radius 2 is 1.81 bits per heavy atom. The minimum Gasteiger partial charge on any atom is -0.480 e. The zero-order valence-corrected chi connectivity index (χ0v) is 16.4. The van der Waals surface area contributed by atoms with Crippen LogP contribution in [0.4, 0.5) is 0 Å². The van der Waals surface area contributed by atoms with E-state index in [0.717, 1.165) is 12.8 Å². The number of amides is 1. The summed E-state index contributed by atoms with van der Waals surface area (Å²) in [5, 5.41) is 3.56. The van der Waals surface area contributed by atoms with E-state index in [1.54, 1.807) is 12.1 Å². The molecule has 0 saturated carbocycles. The minimum absolute atomic E-state index is 0.0273. The monoisotopic (exact) mass is 409 g/mol. The number of esters is 1. The molecule has 7 heteroatoms. The van der Waals surface area contributed by atoms with Crippen LogP contribution in [-0.2, 0) is 20.7 Å². The molecule has 0 heterocycles. The molecule has 0 aliphatic rings. The largest absolute Gasteiger partial charge is 0.480 e. The summed E-state index contributed by atoms with van der Waals surface area (Å²) in [5.41, 5.74) is 1.21. The summed E-state index contributed by atoms with van der Waals surface area (Å²) in [6.07, 6.45) is 1.65. The molecule has 0 aliphatic carbocycles. The maximum Gasteiger partial charge on any atom is 0.344 e. The van der Waals surface area contributed by atoms with Crippen molar-refractivity contribution < 1.29 is 19.1 Å². The molecule has 0 bridgehead atoms. The summed E-state index contributed by atoms with van der Waals surface area (Å²) >= 11 is 11.7. The lowest BCUT2D eigenvalue weighted by molar-refractivity contribution is -0.150. The van der Waals surface area contributed by atoms with Crippen LogP contribution < -0.4 is 10.1 Å². The molecule has 1 amide bonds. The number of carbonyl (C=O) groups is 2. The molecule has 27 heavy (non-hydrogen) atoms. The second kappa shape index (κ2) is 10.8. The van der Waals surface area contributed by atoms with Gasteiger partial charge >= 0.3 is 5.97 Å². The normalized spacial score (nSPS) is 11.5. The first-order valence-corrected chi connectivity index (χ1v) is 9.26. The number of hydrogen-bond acceptors (Lipinski definition) is 4. The fourth-order valence-electron chi connectivity index (χ4n) is 2.33. The lowest BCUT2D eigenvalue weighted by Gasteiger charge is -2.14. The van der Waals surface area contributed by atoms with Crippen LogP contribution in [0.2, 0.25) is 10.0 Å². The SMILES string of the molecule is CC(CCc1ccccc1)NC(=O)COC(=O)COc1ccc(Cl)cc1Cl. The van der Waals surface area contributed by atoms with Gasteiger partial charge in [-0.2, -0.15) is 0 Å². The van der Waals surface area contributed by atoms with Gasteiger partial charge in [0.1, 0.15) is 5.75 Å². The Morgan fingerprint density at radius 1 is 1.07 bits per heavy atom. The molecule has 5 nitrogen and oxygen atoms in total. The molecule has 2 aromatic carbocycles. The Kier molecular flexibility index (Phi) is 8.43. The van der Waals surface area contributed by atoms with E-state index in [-0.39, 0.29) is 25.2 Å². The number of halogens is 2. The molecule has 0 spiro atoms. The molecule has 0 saturated heterocycles. The van der Waals surface area contributed by atoms with Crippen molar-refractivity contribution in [1.82, 2.24) is 5.32 Å². The van der Waals surface area contributed by atoms with E-state index in [1.807, 2.05) is 37.3 Å². The maximum absolute atomic E-state index is 11.9. The van der Waals surface area contributed by atoms with Gasteiger partial charge in [0.05, 0.1) is 5.02 Å². The van der Waals surface area contributed by atoms with Crippen molar-refractivity contribution in [2.45, 2.75) is 25.8 Å². The number of benzene rings is 2. The molecule has 0 aliphatic heterocycles. The van der Waals surface area contributed by atoms with Gasteiger partial charge in [0.15, 0.2) is 13.2 Å². The van der Waals surface area contributed by atoms with Gasteiger partial charge in [-0.3, -0.25) is 4.79 Å². The fraction of sp³-hybridized carbons (Fsp3) is 0.300. The second-order valence-electron chi connectivity index (χ2n) is 6.02. The fourth-order valence-corrected chi connectivity index (χ4v) is 2.80. The van der Waals surface area contributed by atoms with Gasteiger partial charge < -0.3 is 14.8 Å². The molecule has 0 aromatic heterocycles. The van der Waals surface area contributed by atoms with E-state index in [2.05, 4.69) is 5.32 Å². The van der Waals surface area contributed by atoms with E-state index in [1.165, 1.54) is 11.6 Å². The third-order valence-electron chi connectivity index (χ3n) is 3.72. The van der Waals surface area contributed by atoms with Gasteiger partial charge in [-0.25, -0.2) is 4.79 Å². The second-order valence-corrected chi connectivity index (χ2v) is 6.86. The van der Waals surface area contributed by atoms with Crippen molar-refractivity contribution in [2.75, 3.05) is 13.2 Å².